The molecule has 5 nitrogen and oxygen atoms in total. The van der Waals surface area contributed by atoms with Crippen molar-refractivity contribution in [3.05, 3.63) is 0 Å². The number of halogens is 1. The van der Waals surface area contributed by atoms with Gasteiger partial charge in [0.05, 0.1) is 0 Å². The summed E-state index contributed by atoms with van der Waals surface area (Å²) in [5, 5.41) is 3.05. The Labute approximate surface area is 140 Å². The van der Waals surface area contributed by atoms with E-state index in [-0.39, 0.29) is 30.2 Å². The molecule has 1 aliphatic heterocycles. The smallest absolute Gasteiger partial charge is 0.226 e. The molecule has 2 rings (SSSR count). The van der Waals surface area contributed by atoms with E-state index in [2.05, 4.69) is 5.32 Å². The first-order chi connectivity index (χ1) is 10.1. The lowest BCUT2D eigenvalue weighted by molar-refractivity contribution is -0.144. The topological polar surface area (TPSA) is 52.7 Å². The fraction of sp³-hybridized carbons (Fsp3) is 0.875. The molecule has 22 heavy (non-hydrogen) atoms. The van der Waals surface area contributed by atoms with Gasteiger partial charge in [-0.05, 0) is 19.9 Å². The van der Waals surface area contributed by atoms with Crippen LogP contribution in [0.1, 0.15) is 39.0 Å². The molecule has 2 aliphatic rings. The van der Waals surface area contributed by atoms with E-state index in [9.17, 15) is 9.59 Å². The molecule has 1 saturated heterocycles. The van der Waals surface area contributed by atoms with Crippen LogP contribution in [0.5, 0.6) is 0 Å². The highest BCUT2D eigenvalue weighted by atomic mass is 35.5. The van der Waals surface area contributed by atoms with E-state index in [1.54, 1.807) is 0 Å². The van der Waals surface area contributed by atoms with Crippen LogP contribution in [-0.2, 0) is 9.59 Å². The van der Waals surface area contributed by atoms with Crippen molar-refractivity contribution >= 4 is 24.2 Å². The van der Waals surface area contributed by atoms with Gasteiger partial charge in [0.1, 0.15) is 0 Å². The molecule has 1 unspecified atom stereocenters. The maximum atomic E-state index is 12.5. The van der Waals surface area contributed by atoms with Crippen LogP contribution < -0.4 is 5.32 Å². The number of carbonyl (C=O) groups is 2. The number of piperazine rings is 1. The Bertz CT molecular complexity index is 364. The normalized spacial score (nSPS) is 21.2. The predicted octanol–water partition coefficient (Wildman–Crippen LogP) is 1.51. The van der Waals surface area contributed by atoms with Gasteiger partial charge in [0.25, 0.3) is 0 Å². The molecule has 0 radical (unpaired) electrons. The highest BCUT2D eigenvalue weighted by molar-refractivity contribution is 5.85. The highest BCUT2D eigenvalue weighted by Gasteiger charge is 2.30. The van der Waals surface area contributed by atoms with Gasteiger partial charge in [0.15, 0.2) is 0 Å². The van der Waals surface area contributed by atoms with Gasteiger partial charge in [-0.1, -0.05) is 26.2 Å². The lowest BCUT2D eigenvalue weighted by atomic mass is 9.88. The summed E-state index contributed by atoms with van der Waals surface area (Å²) in [7, 11) is 1.87. The van der Waals surface area contributed by atoms with Crippen LogP contribution >= 0.6 is 12.4 Å². The molecule has 1 atom stereocenters. The number of hydrogen-bond donors (Lipinski definition) is 1. The zero-order valence-electron chi connectivity index (χ0n) is 13.8. The summed E-state index contributed by atoms with van der Waals surface area (Å²) >= 11 is 0. The number of carbonyl (C=O) groups excluding carboxylic acids is 2. The summed E-state index contributed by atoms with van der Waals surface area (Å²) in [6, 6.07) is 0. The maximum Gasteiger partial charge on any atom is 0.226 e. The van der Waals surface area contributed by atoms with E-state index in [0.717, 1.165) is 12.8 Å². The summed E-state index contributed by atoms with van der Waals surface area (Å²) < 4.78 is 0. The van der Waals surface area contributed by atoms with Crippen molar-refractivity contribution in [3.8, 4) is 0 Å². The van der Waals surface area contributed by atoms with Gasteiger partial charge >= 0.3 is 0 Å². The van der Waals surface area contributed by atoms with Crippen LogP contribution in [0.25, 0.3) is 0 Å². The monoisotopic (exact) mass is 331 g/mol. The minimum atomic E-state index is 0. The number of rotatable bonds is 4. The Morgan fingerprint density at radius 1 is 1.05 bits per heavy atom. The minimum Gasteiger partial charge on any atom is -0.339 e. The first kappa shape index (κ1) is 19.2. The Morgan fingerprint density at radius 2 is 1.59 bits per heavy atom. The van der Waals surface area contributed by atoms with E-state index in [4.69, 9.17) is 0 Å². The molecule has 0 spiro atoms. The van der Waals surface area contributed by atoms with Gasteiger partial charge in [0.2, 0.25) is 11.8 Å². The predicted molar refractivity (Wildman–Crippen MR) is 90.1 cm³/mol. The molecule has 2 fully saturated rings. The van der Waals surface area contributed by atoms with Crippen molar-refractivity contribution in [2.24, 2.45) is 11.8 Å². The summed E-state index contributed by atoms with van der Waals surface area (Å²) in [6.07, 6.45) is 5.76. The molecule has 1 aliphatic carbocycles. The van der Waals surface area contributed by atoms with Crippen LogP contribution in [0.2, 0.25) is 0 Å². The number of hydrogen-bond acceptors (Lipinski definition) is 3. The van der Waals surface area contributed by atoms with Crippen LogP contribution in [0, 0.1) is 11.8 Å². The fourth-order valence-electron chi connectivity index (χ4n) is 3.46. The third-order valence-electron chi connectivity index (χ3n) is 4.79. The number of nitrogens with one attached hydrogen (secondary N) is 1. The van der Waals surface area contributed by atoms with Crippen molar-refractivity contribution in [2.75, 3.05) is 39.8 Å². The summed E-state index contributed by atoms with van der Waals surface area (Å²) in [5.41, 5.74) is 0. The second-order valence-electron chi connectivity index (χ2n) is 6.44. The zero-order valence-corrected chi connectivity index (χ0v) is 14.7. The van der Waals surface area contributed by atoms with Gasteiger partial charge in [-0.2, -0.15) is 0 Å². The van der Waals surface area contributed by atoms with Crippen molar-refractivity contribution in [2.45, 2.75) is 39.0 Å². The van der Waals surface area contributed by atoms with Crippen molar-refractivity contribution in [1.82, 2.24) is 15.1 Å². The van der Waals surface area contributed by atoms with Gasteiger partial charge in [0, 0.05) is 44.6 Å². The summed E-state index contributed by atoms with van der Waals surface area (Å²) in [5.74, 6) is 0.777. The quantitative estimate of drug-likeness (QED) is 0.849. The average Bonchev–Trinajstić information content (AvgIpc) is 2.54. The molecule has 2 amide bonds. The SMILES string of the molecule is CNCC(C)C(=O)N1CCN(C(=O)C2CCCCC2)CC1.Cl. The summed E-state index contributed by atoms with van der Waals surface area (Å²) in [4.78, 5) is 28.6. The lowest BCUT2D eigenvalue weighted by Crippen LogP contribution is -2.53. The average molecular weight is 332 g/mol. The third kappa shape index (κ3) is 4.85. The van der Waals surface area contributed by atoms with Gasteiger partial charge in [-0.25, -0.2) is 0 Å². The Hall–Kier alpha value is -0.810. The Morgan fingerprint density at radius 3 is 2.14 bits per heavy atom. The van der Waals surface area contributed by atoms with Crippen molar-refractivity contribution < 1.29 is 9.59 Å². The van der Waals surface area contributed by atoms with E-state index in [0.29, 0.717) is 38.6 Å². The molecule has 1 N–H and O–H groups in total. The molecule has 6 heteroatoms. The Kier molecular flexibility index (Phi) is 8.18. The van der Waals surface area contributed by atoms with Gasteiger partial charge in [-0.15, -0.1) is 12.4 Å². The standard InChI is InChI=1S/C16H29N3O2.ClH/c1-13(12-17-2)15(20)18-8-10-19(11-9-18)16(21)14-6-4-3-5-7-14;/h13-14,17H,3-12H2,1-2H3;1H. The fourth-order valence-corrected chi connectivity index (χ4v) is 3.46. The van der Waals surface area contributed by atoms with Crippen molar-refractivity contribution in [3.63, 3.8) is 0 Å². The van der Waals surface area contributed by atoms with Crippen LogP contribution in [-0.4, -0.2) is 61.4 Å². The maximum absolute atomic E-state index is 12.5. The molecule has 0 aromatic heterocycles. The molecule has 0 bridgehead atoms. The zero-order chi connectivity index (χ0) is 15.2. The molecular formula is C16H30ClN3O2. The van der Waals surface area contributed by atoms with Crippen LogP contribution in [0.3, 0.4) is 0 Å². The van der Waals surface area contributed by atoms with E-state index < -0.39 is 0 Å². The van der Waals surface area contributed by atoms with Crippen LogP contribution in [0.15, 0.2) is 0 Å². The molecule has 0 aromatic carbocycles. The van der Waals surface area contributed by atoms with E-state index >= 15 is 0 Å². The van der Waals surface area contributed by atoms with E-state index in [1.807, 2.05) is 23.8 Å². The first-order valence-corrected chi connectivity index (χ1v) is 8.35. The first-order valence-electron chi connectivity index (χ1n) is 8.35. The molecular weight excluding hydrogens is 302 g/mol. The number of amides is 2. The van der Waals surface area contributed by atoms with Gasteiger partial charge in [-0.3, -0.25) is 9.59 Å². The van der Waals surface area contributed by atoms with Crippen LogP contribution in [0.4, 0.5) is 0 Å². The minimum absolute atomic E-state index is 0. The lowest BCUT2D eigenvalue weighted by Gasteiger charge is -2.38. The van der Waals surface area contributed by atoms with Gasteiger partial charge < -0.3 is 15.1 Å². The molecule has 1 saturated carbocycles. The second kappa shape index (κ2) is 9.36. The largest absolute Gasteiger partial charge is 0.339 e. The highest BCUT2D eigenvalue weighted by Crippen LogP contribution is 2.25. The Balaban J connectivity index is 0.00000242. The molecule has 1 heterocycles. The number of nitrogens with zero attached hydrogens (tertiary/aromatic N) is 2. The van der Waals surface area contributed by atoms with Crippen molar-refractivity contribution in [1.29, 1.82) is 0 Å². The molecule has 0 aromatic rings. The third-order valence-corrected chi connectivity index (χ3v) is 4.79. The second-order valence-corrected chi connectivity index (χ2v) is 6.44. The summed E-state index contributed by atoms with van der Waals surface area (Å²) in [6.45, 7) is 5.44. The van der Waals surface area contributed by atoms with E-state index in [1.165, 1.54) is 19.3 Å². The molecule has 128 valence electrons.